The van der Waals surface area contributed by atoms with Crippen LogP contribution in [0.2, 0.25) is 0 Å². The molecule has 0 amide bonds. The van der Waals surface area contributed by atoms with Gasteiger partial charge in [-0.05, 0) is 126 Å². The molecule has 286 valence electrons. The number of rotatable bonds is 31. The summed E-state index contributed by atoms with van der Waals surface area (Å²) in [5.74, 6) is 0. The lowest BCUT2D eigenvalue weighted by Crippen LogP contribution is -2.49. The zero-order chi connectivity index (χ0) is 36.5. The van der Waals surface area contributed by atoms with Crippen LogP contribution in [0.15, 0.2) is 46.2 Å². The van der Waals surface area contributed by atoms with Gasteiger partial charge in [-0.3, -0.25) is 0 Å². The second-order valence-electron chi connectivity index (χ2n) is 16.1. The number of aryl methyl sites for hydroxylation is 2. The van der Waals surface area contributed by atoms with E-state index in [0.29, 0.717) is 0 Å². The maximum atomic E-state index is 2.55. The van der Waals surface area contributed by atoms with E-state index in [1.807, 2.05) is 21.6 Å². The Morgan fingerprint density at radius 3 is 0.860 bits per heavy atom. The fourth-order valence-corrected chi connectivity index (χ4v) is 10.3. The molecule has 0 heterocycles. The van der Waals surface area contributed by atoms with Gasteiger partial charge in [-0.25, -0.2) is 0 Å². The van der Waals surface area contributed by atoms with Crippen LogP contribution in [0.3, 0.4) is 0 Å². The van der Waals surface area contributed by atoms with Gasteiger partial charge in [0.25, 0.3) is 0 Å². The highest BCUT2D eigenvalue weighted by Gasteiger charge is 2.28. The van der Waals surface area contributed by atoms with E-state index in [0.717, 1.165) is 0 Å². The zero-order valence-electron chi connectivity index (χ0n) is 34.6. The third-order valence-electron chi connectivity index (χ3n) is 10.9. The van der Waals surface area contributed by atoms with Gasteiger partial charge in [0.1, 0.15) is 13.1 Å². The van der Waals surface area contributed by atoms with Crippen molar-refractivity contribution in [2.45, 2.75) is 194 Å². The van der Waals surface area contributed by atoms with Crippen LogP contribution in [0.25, 0.3) is 0 Å². The Kier molecular flexibility index (Phi) is 24.2. The summed E-state index contributed by atoms with van der Waals surface area (Å²) in [7, 11) is 3.97. The lowest BCUT2D eigenvalue weighted by atomic mass is 10.1. The van der Waals surface area contributed by atoms with Crippen molar-refractivity contribution >= 4 is 21.6 Å². The van der Waals surface area contributed by atoms with Gasteiger partial charge in [0.2, 0.25) is 0 Å². The standard InChI is InChI=1S/C46H82N2S2/c1-9-15-21-27-47(28-22-16-10-2,29-23-17-11-3)39-43-33-41(7)35-45(37-43)49-50-46-36-42(8)34-44(38-46)40-48(30-24-18-12-4,31-25-19-13-5)32-26-20-14-6/h33-38H,9-32,39-40H2,1-8H3/q+2. The molecule has 2 nitrogen and oxygen atoms in total. The first kappa shape index (κ1) is 45.2. The molecule has 2 aromatic carbocycles. The predicted molar refractivity (Wildman–Crippen MR) is 228 cm³/mol. The Morgan fingerprint density at radius 1 is 0.360 bits per heavy atom. The van der Waals surface area contributed by atoms with E-state index >= 15 is 0 Å². The fourth-order valence-electron chi connectivity index (χ4n) is 8.13. The lowest BCUT2D eigenvalue weighted by Gasteiger charge is -2.40. The number of benzene rings is 2. The summed E-state index contributed by atoms with van der Waals surface area (Å²) < 4.78 is 2.58. The zero-order valence-corrected chi connectivity index (χ0v) is 36.2. The van der Waals surface area contributed by atoms with Crippen molar-refractivity contribution in [3.63, 3.8) is 0 Å². The number of unbranched alkanes of at least 4 members (excludes halogenated alkanes) is 12. The van der Waals surface area contributed by atoms with E-state index in [2.05, 4.69) is 91.8 Å². The quantitative estimate of drug-likeness (QED) is 0.0431. The maximum absolute atomic E-state index is 2.55. The van der Waals surface area contributed by atoms with Crippen LogP contribution in [0, 0.1) is 13.8 Å². The molecule has 2 aromatic rings. The Bertz CT molecular complexity index is 1000. The third kappa shape index (κ3) is 18.2. The molecule has 4 heteroatoms. The first-order valence-electron chi connectivity index (χ1n) is 21.5. The molecule has 0 fully saturated rings. The van der Waals surface area contributed by atoms with Gasteiger partial charge in [-0.15, -0.1) is 0 Å². The second kappa shape index (κ2) is 26.8. The van der Waals surface area contributed by atoms with Gasteiger partial charge in [0.15, 0.2) is 0 Å². The van der Waals surface area contributed by atoms with Gasteiger partial charge < -0.3 is 8.97 Å². The molecule has 0 aliphatic carbocycles. The smallest absolute Gasteiger partial charge is 0.104 e. The van der Waals surface area contributed by atoms with Crippen LogP contribution in [0.1, 0.15) is 179 Å². The summed E-state index contributed by atoms with van der Waals surface area (Å²) in [5, 5.41) is 0. The predicted octanol–water partition coefficient (Wildman–Crippen LogP) is 14.9. The van der Waals surface area contributed by atoms with Crippen LogP contribution in [-0.4, -0.2) is 48.2 Å². The van der Waals surface area contributed by atoms with E-state index in [1.165, 1.54) is 198 Å². The Labute approximate surface area is 320 Å². The van der Waals surface area contributed by atoms with Crippen molar-refractivity contribution in [2.24, 2.45) is 0 Å². The summed E-state index contributed by atoms with van der Waals surface area (Å²) in [6.45, 7) is 29.2. The largest absolute Gasteiger partial charge is 0.320 e. The Balaban J connectivity index is 2.31. The molecule has 0 unspecified atom stereocenters. The van der Waals surface area contributed by atoms with Crippen LogP contribution in [0.4, 0.5) is 0 Å². The number of hydrogen-bond acceptors (Lipinski definition) is 2. The van der Waals surface area contributed by atoms with Crippen LogP contribution in [-0.2, 0) is 13.1 Å². The van der Waals surface area contributed by atoms with Crippen molar-refractivity contribution in [2.75, 3.05) is 39.3 Å². The molecule has 0 aromatic heterocycles. The topological polar surface area (TPSA) is 0 Å². The lowest BCUT2D eigenvalue weighted by molar-refractivity contribution is -0.941. The average molecular weight is 727 g/mol. The minimum absolute atomic E-state index is 1.19. The van der Waals surface area contributed by atoms with Crippen molar-refractivity contribution in [1.29, 1.82) is 0 Å². The van der Waals surface area contributed by atoms with Crippen LogP contribution >= 0.6 is 21.6 Å². The Hall–Kier alpha value is -0.940. The number of hydrogen-bond donors (Lipinski definition) is 0. The molecule has 2 rings (SSSR count). The van der Waals surface area contributed by atoms with Gasteiger partial charge in [-0.2, -0.15) is 0 Å². The summed E-state index contributed by atoms with van der Waals surface area (Å²) in [6, 6.07) is 14.9. The summed E-state index contributed by atoms with van der Waals surface area (Å²) >= 11 is 0. The van der Waals surface area contributed by atoms with Crippen molar-refractivity contribution < 1.29 is 8.97 Å². The van der Waals surface area contributed by atoms with Gasteiger partial charge >= 0.3 is 0 Å². The molecule has 0 radical (unpaired) electrons. The molecule has 0 saturated carbocycles. The van der Waals surface area contributed by atoms with Gasteiger partial charge in [0.05, 0.1) is 39.3 Å². The molecule has 0 N–H and O–H groups in total. The molecular weight excluding hydrogens is 645 g/mol. The molecular formula is C46H82N2S2+2. The third-order valence-corrected chi connectivity index (χ3v) is 13.3. The molecule has 0 atom stereocenters. The van der Waals surface area contributed by atoms with E-state index in [9.17, 15) is 0 Å². The first-order valence-corrected chi connectivity index (χ1v) is 23.7. The molecule has 0 aliphatic rings. The summed E-state index contributed by atoms with van der Waals surface area (Å²) in [6.07, 6.45) is 24.2. The summed E-state index contributed by atoms with van der Waals surface area (Å²) in [5.41, 5.74) is 5.93. The van der Waals surface area contributed by atoms with E-state index in [4.69, 9.17) is 0 Å². The van der Waals surface area contributed by atoms with E-state index in [-0.39, 0.29) is 0 Å². The fraction of sp³-hybridized carbons (Fsp3) is 0.739. The van der Waals surface area contributed by atoms with Crippen molar-refractivity contribution in [3.8, 4) is 0 Å². The first-order chi connectivity index (χ1) is 24.3. The molecule has 0 spiro atoms. The SMILES string of the molecule is CCCCC[N+](CCCCC)(CCCCC)Cc1cc(C)cc(SSc2cc(C)cc(C[N+](CCCCC)(CCCCC)CCCCC)c2)c1. The van der Waals surface area contributed by atoms with E-state index < -0.39 is 0 Å². The number of nitrogens with zero attached hydrogens (tertiary/aromatic N) is 2. The highest BCUT2D eigenvalue weighted by molar-refractivity contribution is 8.76. The summed E-state index contributed by atoms with van der Waals surface area (Å²) in [4.78, 5) is 2.84. The average Bonchev–Trinajstić information content (AvgIpc) is 3.08. The maximum Gasteiger partial charge on any atom is 0.104 e. The van der Waals surface area contributed by atoms with Crippen LogP contribution in [0.5, 0.6) is 0 Å². The second-order valence-corrected chi connectivity index (χ2v) is 18.3. The minimum atomic E-state index is 1.19. The molecule has 0 saturated heterocycles. The molecule has 0 aliphatic heterocycles. The van der Waals surface area contributed by atoms with Gasteiger partial charge in [-0.1, -0.05) is 114 Å². The van der Waals surface area contributed by atoms with Crippen molar-refractivity contribution in [3.05, 3.63) is 58.7 Å². The van der Waals surface area contributed by atoms with Crippen molar-refractivity contribution in [1.82, 2.24) is 0 Å². The molecule has 50 heavy (non-hydrogen) atoms. The van der Waals surface area contributed by atoms with E-state index in [1.54, 1.807) is 11.1 Å². The highest BCUT2D eigenvalue weighted by atomic mass is 33.1. The van der Waals surface area contributed by atoms with Crippen LogP contribution < -0.4 is 0 Å². The van der Waals surface area contributed by atoms with Gasteiger partial charge in [0, 0.05) is 20.9 Å². The monoisotopic (exact) mass is 727 g/mol. The molecule has 0 bridgehead atoms. The Morgan fingerprint density at radius 2 is 0.620 bits per heavy atom. The normalized spacial score (nSPS) is 12.2. The highest BCUT2D eigenvalue weighted by Crippen LogP contribution is 2.40. The minimum Gasteiger partial charge on any atom is -0.320 e. The number of quaternary nitrogens is 2.